The van der Waals surface area contributed by atoms with Crippen LogP contribution < -0.4 is 24.8 Å². The van der Waals surface area contributed by atoms with E-state index < -0.39 is 58.3 Å². The third-order valence-corrected chi connectivity index (χ3v) is 10.5. The van der Waals surface area contributed by atoms with Crippen LogP contribution in [-0.2, 0) is 27.0 Å². The summed E-state index contributed by atoms with van der Waals surface area (Å²) in [6.07, 6.45) is 1.40. The zero-order chi connectivity index (χ0) is 56.9. The molecule has 400 valence electrons. The van der Waals surface area contributed by atoms with Crippen molar-refractivity contribution in [2.45, 2.75) is 19.6 Å². The monoisotopic (exact) mass is 1110 g/mol. The summed E-state index contributed by atoms with van der Waals surface area (Å²) in [6, 6.07) is 27.5. The molecule has 5 aromatic carbocycles. The van der Waals surface area contributed by atoms with Crippen LogP contribution in [0.5, 0.6) is 34.8 Å². The molecule has 0 radical (unpaired) electrons. The molecule has 2 N–H and O–H groups in total. The average molecular weight is 1110 g/mol. The normalized spacial score (nSPS) is 10.9. The third kappa shape index (κ3) is 17.2. The predicted octanol–water partition coefficient (Wildman–Crippen LogP) is 12.7. The second kappa shape index (κ2) is 28.3. The molecule has 0 saturated carbocycles. The molecule has 25 heteroatoms. The lowest BCUT2D eigenvalue weighted by Gasteiger charge is -2.17. The largest absolute Gasteiger partial charge is 0.503 e. The number of carbonyl (C=O) groups is 3. The minimum atomic E-state index is -4.61. The fraction of sp³-hybridized carbons (Fsp3) is 0.113. The molecule has 0 fully saturated rings. The van der Waals surface area contributed by atoms with Gasteiger partial charge in [0, 0.05) is 31.4 Å². The minimum Gasteiger partial charge on any atom is -0.503 e. The number of halogens is 8. The van der Waals surface area contributed by atoms with Crippen LogP contribution in [-0.4, -0.2) is 64.9 Å². The van der Waals surface area contributed by atoms with Gasteiger partial charge < -0.3 is 33.9 Å². The molecule has 0 unspecified atom stereocenters. The van der Waals surface area contributed by atoms with Gasteiger partial charge in [0.25, 0.3) is 5.91 Å². The summed E-state index contributed by atoms with van der Waals surface area (Å²) in [5, 5.41) is 21.3. The highest BCUT2D eigenvalue weighted by Crippen LogP contribution is 2.37. The minimum absolute atomic E-state index is 0.162. The number of alkyl halides is 3. The zero-order valence-electron chi connectivity index (χ0n) is 40.9. The summed E-state index contributed by atoms with van der Waals surface area (Å²) in [6.45, 7) is 2.44. The number of urea groups is 1. The summed E-state index contributed by atoms with van der Waals surface area (Å²) >= 11 is 11.4. The highest BCUT2D eigenvalue weighted by atomic mass is 35.5. The van der Waals surface area contributed by atoms with Crippen LogP contribution >= 0.6 is 23.2 Å². The van der Waals surface area contributed by atoms with Gasteiger partial charge in [-0.15, -0.1) is 0 Å². The number of para-hydroxylation sites is 2. The number of aliphatic imine (C=N–C) groups is 1. The summed E-state index contributed by atoms with van der Waals surface area (Å²) in [7, 11) is 4.58. The molecule has 0 saturated heterocycles. The molecule has 0 spiro atoms. The summed E-state index contributed by atoms with van der Waals surface area (Å²) in [4.78, 5) is 53.6. The Morgan fingerprint density at radius 1 is 0.769 bits per heavy atom. The predicted molar refractivity (Wildman–Crippen MR) is 272 cm³/mol. The number of pyridine rings is 1. The molecule has 0 atom stereocenters. The van der Waals surface area contributed by atoms with Gasteiger partial charge in [-0.2, -0.15) is 28.7 Å². The van der Waals surface area contributed by atoms with Crippen LogP contribution in [0.1, 0.15) is 39.5 Å². The second-order valence-corrected chi connectivity index (χ2v) is 16.1. The van der Waals surface area contributed by atoms with Crippen LogP contribution in [0.15, 0.2) is 145 Å². The van der Waals surface area contributed by atoms with Crippen molar-refractivity contribution in [2.24, 2.45) is 4.99 Å². The molecule has 78 heavy (non-hydrogen) atoms. The molecule has 0 aliphatic rings. The second-order valence-electron chi connectivity index (χ2n) is 15.3. The molecule has 7 rings (SSSR count). The number of rotatable bonds is 13. The quantitative estimate of drug-likeness (QED) is 0.0160. The maximum absolute atomic E-state index is 14.3. The molecule has 3 amide bonds. The number of amides is 3. The number of carbonyl (C=O) groups excluding carboxylic acids is 3. The summed E-state index contributed by atoms with van der Waals surface area (Å²) in [5.41, 5.74) is -0.385. The number of ether oxygens (including phenoxy) is 5. The molecule has 2 heterocycles. The highest BCUT2D eigenvalue weighted by molar-refractivity contribution is 6.32. The Balaban J connectivity index is 0.000000230. The van der Waals surface area contributed by atoms with E-state index in [2.05, 4.69) is 26.0 Å². The van der Waals surface area contributed by atoms with E-state index in [1.54, 1.807) is 79.2 Å². The van der Waals surface area contributed by atoms with Gasteiger partial charge in [-0.3, -0.25) is 10.1 Å². The first-order chi connectivity index (χ1) is 37.2. The van der Waals surface area contributed by atoms with Crippen LogP contribution in [0.4, 0.5) is 36.8 Å². The van der Waals surface area contributed by atoms with E-state index in [1.165, 1.54) is 32.9 Å². The van der Waals surface area contributed by atoms with E-state index >= 15 is 0 Å². The molecule has 17 nitrogen and oxygen atoms in total. The number of hydrogen-bond donors (Lipinski definition) is 2. The lowest BCUT2D eigenvalue weighted by atomic mass is 10.1. The Morgan fingerprint density at radius 2 is 1.44 bits per heavy atom. The number of methoxy groups -OCH3 is 2. The average Bonchev–Trinajstić information content (AvgIpc) is 3.42. The first-order valence-corrected chi connectivity index (χ1v) is 22.7. The van der Waals surface area contributed by atoms with Gasteiger partial charge in [-0.05, 0) is 79.2 Å². The number of nitrogens with one attached hydrogen (secondary N) is 2. The van der Waals surface area contributed by atoms with Crippen LogP contribution in [0.25, 0.3) is 5.57 Å². The maximum Gasteiger partial charge on any atom is 0.416 e. The van der Waals surface area contributed by atoms with Crippen LogP contribution in [0.3, 0.4) is 0 Å². The van der Waals surface area contributed by atoms with Crippen molar-refractivity contribution >= 4 is 58.2 Å². The molecule has 0 aliphatic heterocycles. The Morgan fingerprint density at radius 3 is 2.04 bits per heavy atom. The number of nitriles is 2. The van der Waals surface area contributed by atoms with Crippen LogP contribution in [0, 0.1) is 40.2 Å². The number of benzene rings is 5. The van der Waals surface area contributed by atoms with E-state index in [0.29, 0.717) is 46.2 Å². The number of aromatic nitrogens is 3. The molecular weight excluding hydrogens is 1080 g/mol. The first-order valence-electron chi connectivity index (χ1n) is 22.0. The fourth-order valence-corrected chi connectivity index (χ4v) is 6.49. The smallest absolute Gasteiger partial charge is 0.416 e. The Bertz CT molecular complexity index is 3410. The number of amidine groups is 1. The van der Waals surface area contributed by atoms with Gasteiger partial charge in [-0.25, -0.2) is 37.7 Å². The van der Waals surface area contributed by atoms with E-state index in [0.717, 1.165) is 54.1 Å². The van der Waals surface area contributed by atoms with Gasteiger partial charge in [0.2, 0.25) is 18.0 Å². The molecule has 0 bridgehead atoms. The van der Waals surface area contributed by atoms with Gasteiger partial charge in [0.05, 0.1) is 48.4 Å². The van der Waals surface area contributed by atoms with E-state index in [4.69, 9.17) is 52.1 Å². The number of anilines is 1. The molecule has 7 aromatic rings. The van der Waals surface area contributed by atoms with Crippen molar-refractivity contribution in [3.8, 4) is 47.0 Å². The number of imide groups is 1. The van der Waals surface area contributed by atoms with E-state index in [-0.39, 0.29) is 33.9 Å². The van der Waals surface area contributed by atoms with Gasteiger partial charge in [-0.1, -0.05) is 65.7 Å². The van der Waals surface area contributed by atoms with Gasteiger partial charge in [0.15, 0.2) is 0 Å². The lowest BCUT2D eigenvalue weighted by molar-refractivity contribution is -0.137. The maximum atomic E-state index is 14.3. The van der Waals surface area contributed by atoms with Crippen LogP contribution in [0.2, 0.25) is 10.2 Å². The lowest BCUT2D eigenvalue weighted by Crippen LogP contribution is -2.35. The topological polar surface area (TPSA) is 223 Å². The third-order valence-electron chi connectivity index (χ3n) is 9.94. The number of esters is 1. The van der Waals surface area contributed by atoms with Crippen molar-refractivity contribution in [3.05, 3.63) is 196 Å². The van der Waals surface area contributed by atoms with Crippen molar-refractivity contribution in [3.63, 3.8) is 0 Å². The van der Waals surface area contributed by atoms with Gasteiger partial charge in [0.1, 0.15) is 75.0 Å². The summed E-state index contributed by atoms with van der Waals surface area (Å²) in [5.74, 6) is -3.98. The van der Waals surface area contributed by atoms with Crippen molar-refractivity contribution in [1.82, 2.24) is 25.2 Å². The fourth-order valence-electron chi connectivity index (χ4n) is 6.16. The van der Waals surface area contributed by atoms with E-state index in [1.807, 2.05) is 23.3 Å². The van der Waals surface area contributed by atoms with Gasteiger partial charge >= 0.3 is 18.2 Å². The Kier molecular flexibility index (Phi) is 21.4. The van der Waals surface area contributed by atoms with Crippen molar-refractivity contribution in [1.29, 1.82) is 10.5 Å². The van der Waals surface area contributed by atoms with Crippen molar-refractivity contribution < 1.29 is 64.4 Å². The standard InChI is InChI=1S/C22H17N3O5.C21H11ClF6N2O3.C10H11ClN4/c1-27-13-17(22(26)28-2)16-8-4-6-10-19(16)30-21-11-20(24-14-25-21)29-18-9-5-3-7-15(18)12-23;22-12-8-10(21(26,27)28)4-7-17(12)33-11-5-6-16(15(25)9-11)29-20(32)30-19(31)18-13(23)2-1-3-14(18)24;1-8(14-7-12)15(2)6-9-3-4-10(11)13-5-9/h3-11,13-14H,1-2H3;1-9H,(H2,29,30,31,32);3-5H,6H2,1-2H3/b17-13+;;. The van der Waals surface area contributed by atoms with Crippen molar-refractivity contribution in [2.75, 3.05) is 26.6 Å². The summed E-state index contributed by atoms with van der Waals surface area (Å²) < 4.78 is 106. The molecule has 0 aliphatic carbocycles. The zero-order valence-corrected chi connectivity index (χ0v) is 42.4. The Hall–Kier alpha value is -9.71. The highest BCUT2D eigenvalue weighted by Gasteiger charge is 2.31. The van der Waals surface area contributed by atoms with E-state index in [9.17, 15) is 46.0 Å². The Labute approximate surface area is 450 Å². The first kappa shape index (κ1) is 59.2. The molecular formula is C53H39Cl2F6N9O8. The number of nitrogens with zero attached hydrogens (tertiary/aromatic N) is 7. The number of hydrogen-bond acceptors (Lipinski definition) is 14. The molecule has 2 aromatic heterocycles. The SMILES string of the molecule is CC(=NC#N)N(C)Cc1ccc(Cl)nc1.CO/C=C(/C(=O)OC)c1ccccc1Oc1cc(Oc2ccccc2C#N)ncn1.O=C(NC(=O)c1c(F)cccc1F)Nc1ccc(Oc2ccc(C(F)(F)F)cc2Cl)cc1F.